The molecule has 1 saturated carbocycles. The van der Waals surface area contributed by atoms with Crippen LogP contribution in [0, 0.1) is 0 Å². The Morgan fingerprint density at radius 3 is 2.70 bits per heavy atom. The number of nitrogens with two attached hydrogens (primary N) is 1. The van der Waals surface area contributed by atoms with E-state index in [1.54, 1.807) is 0 Å². The number of amides is 1. The molecular weight excluding hydrogens is 252 g/mol. The van der Waals surface area contributed by atoms with E-state index in [2.05, 4.69) is 17.1 Å². The average molecular weight is 278 g/mol. The number of nitrogens with zero attached hydrogens (tertiary/aromatic N) is 2. The minimum absolute atomic E-state index is 0.0447. The number of aromatic nitrogens is 2. The highest BCUT2D eigenvalue weighted by atomic mass is 16.2. The molecule has 0 radical (unpaired) electrons. The Kier molecular flexibility index (Phi) is 4.68. The largest absolute Gasteiger partial charge is 0.395 e. The second-order valence-corrected chi connectivity index (χ2v) is 5.97. The van der Waals surface area contributed by atoms with Gasteiger partial charge < -0.3 is 10.6 Å². The maximum atomic E-state index is 12.6. The molecule has 2 rings (SSSR count). The highest BCUT2D eigenvalue weighted by Gasteiger charge is 2.31. The molecule has 1 aromatic heterocycles. The van der Waals surface area contributed by atoms with Gasteiger partial charge in [0, 0.05) is 18.5 Å². The summed E-state index contributed by atoms with van der Waals surface area (Å²) in [5, 5.41) is 7.12. The number of nitrogen functional groups attached to an aromatic ring is 1. The van der Waals surface area contributed by atoms with Crippen molar-refractivity contribution in [3.63, 3.8) is 0 Å². The second-order valence-electron chi connectivity index (χ2n) is 5.97. The summed E-state index contributed by atoms with van der Waals surface area (Å²) in [5.74, 6) is 0.438. The SMILES string of the molecule is CCCCCN(C(=O)c1n[nH]c(C2CC2)c1N)C(C)C. The summed E-state index contributed by atoms with van der Waals surface area (Å²) in [6.45, 7) is 7.01. The van der Waals surface area contributed by atoms with E-state index in [0.29, 0.717) is 17.3 Å². The van der Waals surface area contributed by atoms with Crippen molar-refractivity contribution in [1.82, 2.24) is 15.1 Å². The van der Waals surface area contributed by atoms with Gasteiger partial charge in [-0.05, 0) is 33.1 Å². The van der Waals surface area contributed by atoms with Crippen LogP contribution in [-0.2, 0) is 0 Å². The molecule has 0 unspecified atom stereocenters. The van der Waals surface area contributed by atoms with Crippen molar-refractivity contribution in [1.29, 1.82) is 0 Å². The molecule has 1 aliphatic rings. The fourth-order valence-electron chi connectivity index (χ4n) is 2.47. The van der Waals surface area contributed by atoms with Crippen LogP contribution >= 0.6 is 0 Å². The summed E-state index contributed by atoms with van der Waals surface area (Å²) in [5.41, 5.74) is 8.00. The van der Waals surface area contributed by atoms with Crippen molar-refractivity contribution < 1.29 is 4.79 Å². The van der Waals surface area contributed by atoms with Crippen LogP contribution < -0.4 is 5.73 Å². The number of rotatable bonds is 7. The van der Waals surface area contributed by atoms with Crippen molar-refractivity contribution in [3.05, 3.63) is 11.4 Å². The first-order valence-electron chi connectivity index (χ1n) is 7.71. The Morgan fingerprint density at radius 2 is 2.15 bits per heavy atom. The number of unbranched alkanes of at least 4 members (excludes halogenated alkanes) is 2. The third kappa shape index (κ3) is 3.14. The van der Waals surface area contributed by atoms with Crippen LogP contribution in [0.2, 0.25) is 0 Å². The monoisotopic (exact) mass is 278 g/mol. The lowest BCUT2D eigenvalue weighted by atomic mass is 10.1. The Bertz CT molecular complexity index is 462. The van der Waals surface area contributed by atoms with Gasteiger partial charge in [-0.15, -0.1) is 0 Å². The van der Waals surface area contributed by atoms with Crippen molar-refractivity contribution in [3.8, 4) is 0 Å². The third-order valence-corrected chi connectivity index (χ3v) is 3.91. The van der Waals surface area contributed by atoms with Gasteiger partial charge in [-0.25, -0.2) is 0 Å². The first-order chi connectivity index (χ1) is 9.56. The summed E-state index contributed by atoms with van der Waals surface area (Å²) in [7, 11) is 0. The van der Waals surface area contributed by atoms with Crippen molar-refractivity contribution in [2.45, 2.75) is 64.8 Å². The molecule has 1 amide bonds. The normalized spacial score (nSPS) is 14.8. The number of carbonyl (C=O) groups is 1. The molecular formula is C15H26N4O. The van der Waals surface area contributed by atoms with Gasteiger partial charge in [-0.2, -0.15) is 5.10 Å². The highest BCUT2D eigenvalue weighted by molar-refractivity contribution is 5.98. The Labute approximate surface area is 120 Å². The maximum Gasteiger partial charge on any atom is 0.276 e. The van der Waals surface area contributed by atoms with E-state index < -0.39 is 0 Å². The van der Waals surface area contributed by atoms with Gasteiger partial charge in [-0.3, -0.25) is 9.89 Å². The molecule has 5 heteroatoms. The quantitative estimate of drug-likeness (QED) is 0.753. The van der Waals surface area contributed by atoms with Gasteiger partial charge in [-0.1, -0.05) is 19.8 Å². The maximum absolute atomic E-state index is 12.6. The van der Waals surface area contributed by atoms with Crippen LogP contribution in [0.15, 0.2) is 0 Å². The van der Waals surface area contributed by atoms with E-state index in [1.165, 1.54) is 0 Å². The number of anilines is 1. The molecule has 0 atom stereocenters. The topological polar surface area (TPSA) is 75.0 Å². The summed E-state index contributed by atoms with van der Waals surface area (Å²) in [6, 6.07) is 0.167. The van der Waals surface area contributed by atoms with Gasteiger partial charge in [0.1, 0.15) is 0 Å². The van der Waals surface area contributed by atoms with Gasteiger partial charge >= 0.3 is 0 Å². The Hall–Kier alpha value is -1.52. The molecule has 3 N–H and O–H groups in total. The van der Waals surface area contributed by atoms with Crippen LogP contribution in [-0.4, -0.2) is 33.6 Å². The zero-order valence-corrected chi connectivity index (χ0v) is 12.8. The van der Waals surface area contributed by atoms with Crippen molar-refractivity contribution >= 4 is 11.6 Å². The number of hydrogen-bond donors (Lipinski definition) is 2. The van der Waals surface area contributed by atoms with Crippen LogP contribution in [0.1, 0.15) is 75.0 Å². The van der Waals surface area contributed by atoms with Crippen LogP contribution in [0.3, 0.4) is 0 Å². The van der Waals surface area contributed by atoms with E-state index >= 15 is 0 Å². The van der Waals surface area contributed by atoms with Crippen molar-refractivity contribution in [2.24, 2.45) is 0 Å². The molecule has 1 aromatic rings. The van der Waals surface area contributed by atoms with E-state index in [4.69, 9.17) is 5.73 Å². The molecule has 1 aliphatic carbocycles. The van der Waals surface area contributed by atoms with Gasteiger partial charge in [0.2, 0.25) is 0 Å². The smallest absolute Gasteiger partial charge is 0.276 e. The standard InChI is InChI=1S/C15H26N4O/c1-4-5-6-9-19(10(2)3)15(20)14-12(16)13(17-18-14)11-7-8-11/h10-11H,4-9,16H2,1-3H3,(H,17,18). The molecule has 112 valence electrons. The Balaban J connectivity index is 2.10. The van der Waals surface area contributed by atoms with E-state index in [0.717, 1.165) is 44.3 Å². The predicted molar refractivity (Wildman–Crippen MR) is 80.7 cm³/mol. The zero-order chi connectivity index (χ0) is 14.7. The fraction of sp³-hybridized carbons (Fsp3) is 0.733. The van der Waals surface area contributed by atoms with E-state index in [9.17, 15) is 4.79 Å². The summed E-state index contributed by atoms with van der Waals surface area (Å²) >= 11 is 0. The van der Waals surface area contributed by atoms with Gasteiger partial charge in [0.25, 0.3) is 5.91 Å². The average Bonchev–Trinajstić information content (AvgIpc) is 3.17. The molecule has 1 fully saturated rings. The number of aromatic amines is 1. The molecule has 0 saturated heterocycles. The fourth-order valence-corrected chi connectivity index (χ4v) is 2.47. The number of carbonyl (C=O) groups excluding carboxylic acids is 1. The number of nitrogens with one attached hydrogen (secondary N) is 1. The summed E-state index contributed by atoms with van der Waals surface area (Å²) < 4.78 is 0. The summed E-state index contributed by atoms with van der Waals surface area (Å²) in [4.78, 5) is 14.5. The molecule has 5 nitrogen and oxygen atoms in total. The molecule has 0 bridgehead atoms. The van der Waals surface area contributed by atoms with Gasteiger partial charge in [0.05, 0.1) is 11.4 Å². The van der Waals surface area contributed by atoms with Crippen molar-refractivity contribution in [2.75, 3.05) is 12.3 Å². The Morgan fingerprint density at radius 1 is 1.45 bits per heavy atom. The van der Waals surface area contributed by atoms with Crippen LogP contribution in [0.25, 0.3) is 0 Å². The molecule has 1 heterocycles. The number of H-pyrrole nitrogens is 1. The van der Waals surface area contributed by atoms with Crippen LogP contribution in [0.4, 0.5) is 5.69 Å². The molecule has 20 heavy (non-hydrogen) atoms. The zero-order valence-electron chi connectivity index (χ0n) is 12.8. The predicted octanol–water partition coefficient (Wildman–Crippen LogP) is 2.91. The van der Waals surface area contributed by atoms with E-state index in [1.807, 2.05) is 18.7 Å². The third-order valence-electron chi connectivity index (χ3n) is 3.91. The van der Waals surface area contributed by atoms with Crippen LogP contribution in [0.5, 0.6) is 0 Å². The lowest BCUT2D eigenvalue weighted by Gasteiger charge is -2.26. The number of hydrogen-bond acceptors (Lipinski definition) is 3. The van der Waals surface area contributed by atoms with E-state index in [-0.39, 0.29) is 11.9 Å². The first-order valence-corrected chi connectivity index (χ1v) is 7.71. The minimum atomic E-state index is -0.0447. The molecule has 0 aromatic carbocycles. The second kappa shape index (κ2) is 6.29. The highest BCUT2D eigenvalue weighted by Crippen LogP contribution is 2.42. The minimum Gasteiger partial charge on any atom is -0.395 e. The lowest BCUT2D eigenvalue weighted by molar-refractivity contribution is 0.0697. The molecule has 0 aliphatic heterocycles. The lowest BCUT2D eigenvalue weighted by Crippen LogP contribution is -2.38. The van der Waals surface area contributed by atoms with Gasteiger partial charge in [0.15, 0.2) is 5.69 Å². The molecule has 0 spiro atoms. The first kappa shape index (κ1) is 14.9. The summed E-state index contributed by atoms with van der Waals surface area (Å²) in [6.07, 6.45) is 5.60.